The highest BCUT2D eigenvalue weighted by Gasteiger charge is 2.62. The fraction of sp³-hybridized carbons (Fsp3) is 0.652. The first kappa shape index (κ1) is 22.9. The van der Waals surface area contributed by atoms with Crippen LogP contribution in [0.5, 0.6) is 0 Å². The molecule has 32 heavy (non-hydrogen) atoms. The third kappa shape index (κ3) is 3.84. The predicted molar refractivity (Wildman–Crippen MR) is 109 cm³/mol. The van der Waals surface area contributed by atoms with E-state index in [0.29, 0.717) is 25.7 Å². The van der Waals surface area contributed by atoms with E-state index in [1.807, 2.05) is 6.92 Å². The topological polar surface area (TPSA) is 84.9 Å². The number of esters is 1. The second kappa shape index (κ2) is 7.93. The zero-order valence-corrected chi connectivity index (χ0v) is 18.1. The van der Waals surface area contributed by atoms with Crippen LogP contribution >= 0.6 is 0 Å². The van der Waals surface area contributed by atoms with Crippen LogP contribution in [-0.4, -0.2) is 36.0 Å². The van der Waals surface area contributed by atoms with E-state index in [4.69, 9.17) is 9.47 Å². The Hall–Kier alpha value is -2.29. The van der Waals surface area contributed by atoms with Gasteiger partial charge in [0, 0.05) is 17.0 Å². The molecule has 2 N–H and O–H groups in total. The minimum atomic E-state index is -4.52. The van der Waals surface area contributed by atoms with Crippen LogP contribution in [0, 0.1) is 22.7 Å². The first-order chi connectivity index (χ1) is 15.0. The van der Waals surface area contributed by atoms with Crippen molar-refractivity contribution >= 4 is 17.7 Å². The van der Waals surface area contributed by atoms with Gasteiger partial charge in [0.2, 0.25) is 0 Å². The molecule has 1 saturated heterocycles. The van der Waals surface area contributed by atoms with Gasteiger partial charge in [0.15, 0.2) is 0 Å². The van der Waals surface area contributed by atoms with E-state index in [1.165, 1.54) is 12.1 Å². The molecule has 0 unspecified atom stereocenters. The summed E-state index contributed by atoms with van der Waals surface area (Å²) in [5.74, 6) is -0.109. The van der Waals surface area contributed by atoms with Crippen LogP contribution in [0.15, 0.2) is 24.3 Å². The van der Waals surface area contributed by atoms with Crippen LogP contribution < -0.4 is 5.32 Å². The lowest BCUT2D eigenvalue weighted by molar-refractivity contribution is -0.174. The Labute approximate surface area is 184 Å². The molecule has 1 aliphatic heterocycles. The van der Waals surface area contributed by atoms with Crippen LogP contribution in [0.25, 0.3) is 0 Å². The van der Waals surface area contributed by atoms with Crippen LogP contribution in [0.1, 0.15) is 51.5 Å². The van der Waals surface area contributed by atoms with Gasteiger partial charge in [0.05, 0.1) is 18.6 Å². The maximum Gasteiger partial charge on any atom is 0.416 e. The number of carbonyl (C=O) groups is 2. The molecular formula is C23H28F3NO5. The van der Waals surface area contributed by atoms with Gasteiger partial charge >= 0.3 is 18.2 Å². The van der Waals surface area contributed by atoms with Crippen molar-refractivity contribution in [2.45, 2.75) is 64.3 Å². The Morgan fingerprint density at radius 1 is 1.28 bits per heavy atom. The van der Waals surface area contributed by atoms with E-state index in [9.17, 15) is 27.9 Å². The van der Waals surface area contributed by atoms with E-state index in [-0.39, 0.29) is 41.6 Å². The molecule has 2 saturated carbocycles. The number of amides is 1. The number of benzene rings is 1. The zero-order chi connectivity index (χ0) is 23.3. The molecule has 1 heterocycles. The summed E-state index contributed by atoms with van der Waals surface area (Å²) in [6.45, 7) is 3.81. The van der Waals surface area contributed by atoms with E-state index in [1.54, 1.807) is 0 Å². The zero-order valence-electron chi connectivity index (χ0n) is 18.1. The summed E-state index contributed by atoms with van der Waals surface area (Å²) in [7, 11) is 0. The van der Waals surface area contributed by atoms with Crippen molar-refractivity contribution in [2.75, 3.05) is 11.9 Å². The molecule has 0 aromatic heterocycles. The van der Waals surface area contributed by atoms with Crippen molar-refractivity contribution in [3.8, 4) is 0 Å². The number of carbonyl (C=O) groups excluding carboxylic acids is 2. The number of aliphatic hydroxyl groups excluding tert-OH is 1. The number of hydrogen-bond acceptors (Lipinski definition) is 5. The summed E-state index contributed by atoms with van der Waals surface area (Å²) < 4.78 is 50.0. The van der Waals surface area contributed by atoms with Crippen molar-refractivity contribution in [2.24, 2.45) is 22.7 Å². The maximum absolute atomic E-state index is 12.9. The molecule has 2 aliphatic carbocycles. The number of ether oxygens (including phenoxy) is 2. The summed E-state index contributed by atoms with van der Waals surface area (Å²) in [6, 6.07) is 4.35. The first-order valence-electron chi connectivity index (χ1n) is 10.9. The number of hydrogen-bond donors (Lipinski definition) is 2. The molecule has 9 heteroatoms. The van der Waals surface area contributed by atoms with Gasteiger partial charge in [-0.2, -0.15) is 13.2 Å². The Kier molecular flexibility index (Phi) is 5.68. The molecule has 6 nitrogen and oxygen atoms in total. The van der Waals surface area contributed by atoms with Gasteiger partial charge in [-0.3, -0.25) is 10.1 Å². The van der Waals surface area contributed by atoms with E-state index in [2.05, 4.69) is 12.2 Å². The average Bonchev–Trinajstić information content (AvgIpc) is 3.11. The van der Waals surface area contributed by atoms with E-state index >= 15 is 0 Å². The second-order valence-corrected chi connectivity index (χ2v) is 9.77. The Morgan fingerprint density at radius 3 is 2.72 bits per heavy atom. The molecule has 1 aromatic rings. The minimum absolute atomic E-state index is 0.0101. The molecule has 1 aromatic carbocycles. The third-order valence-electron chi connectivity index (χ3n) is 8.00. The normalized spacial score (nSPS) is 36.6. The summed E-state index contributed by atoms with van der Waals surface area (Å²) in [5, 5.41) is 12.7. The number of nitrogens with one attached hydrogen (secondary N) is 1. The van der Waals surface area contributed by atoms with Crippen LogP contribution in [0.3, 0.4) is 0 Å². The smallest absolute Gasteiger partial charge is 0.416 e. The molecule has 4 rings (SSSR count). The summed E-state index contributed by atoms with van der Waals surface area (Å²) in [4.78, 5) is 24.5. The average molecular weight is 455 g/mol. The van der Waals surface area contributed by atoms with Crippen molar-refractivity contribution in [3.05, 3.63) is 29.8 Å². The summed E-state index contributed by atoms with van der Waals surface area (Å²) in [5.41, 5.74) is -1.86. The quantitative estimate of drug-likeness (QED) is 0.642. The van der Waals surface area contributed by atoms with Gasteiger partial charge in [-0.25, -0.2) is 4.79 Å². The molecule has 0 spiro atoms. The van der Waals surface area contributed by atoms with Crippen LogP contribution in [-0.2, 0) is 20.4 Å². The van der Waals surface area contributed by atoms with Gasteiger partial charge in [-0.1, -0.05) is 19.9 Å². The Morgan fingerprint density at radius 2 is 2.03 bits per heavy atom. The largest absolute Gasteiger partial charge is 0.462 e. The van der Waals surface area contributed by atoms with Crippen LogP contribution in [0.4, 0.5) is 23.7 Å². The fourth-order valence-electron chi connectivity index (χ4n) is 6.34. The highest BCUT2D eigenvalue weighted by atomic mass is 19.4. The second-order valence-electron chi connectivity index (χ2n) is 9.77. The van der Waals surface area contributed by atoms with Gasteiger partial charge < -0.3 is 14.6 Å². The SMILES string of the molecule is C[C@]1(CO)[C@@H]2CC[C@H]3OC(=O)C[C@H]3[C@]2(C)CC[C@H]1OC(=O)Nc1cccc(C(F)(F)F)c1. The molecule has 0 radical (unpaired) electrons. The monoisotopic (exact) mass is 455 g/mol. The number of fused-ring (bicyclic) bond motifs is 3. The van der Waals surface area contributed by atoms with Gasteiger partial charge in [0.25, 0.3) is 0 Å². The lowest BCUT2D eigenvalue weighted by Gasteiger charge is -2.59. The summed E-state index contributed by atoms with van der Waals surface area (Å²) in [6.07, 6.45) is -3.10. The molecule has 176 valence electrons. The summed E-state index contributed by atoms with van der Waals surface area (Å²) >= 11 is 0. The molecular weight excluding hydrogens is 427 g/mol. The lowest BCUT2D eigenvalue weighted by atomic mass is 9.46. The third-order valence-corrected chi connectivity index (χ3v) is 8.00. The van der Waals surface area contributed by atoms with E-state index in [0.717, 1.165) is 18.6 Å². The molecule has 0 bridgehead atoms. The van der Waals surface area contributed by atoms with E-state index < -0.39 is 29.4 Å². The highest BCUT2D eigenvalue weighted by molar-refractivity contribution is 5.84. The minimum Gasteiger partial charge on any atom is -0.462 e. The molecule has 3 fully saturated rings. The van der Waals surface area contributed by atoms with Crippen LogP contribution in [0.2, 0.25) is 0 Å². The number of halogens is 3. The Balaban J connectivity index is 1.49. The molecule has 3 aliphatic rings. The predicted octanol–water partition coefficient (Wildman–Crippen LogP) is 4.76. The number of anilines is 1. The highest BCUT2D eigenvalue weighted by Crippen LogP contribution is 2.62. The molecule has 1 amide bonds. The van der Waals surface area contributed by atoms with Gasteiger partial charge in [-0.05, 0) is 55.2 Å². The maximum atomic E-state index is 12.9. The van der Waals surface area contributed by atoms with Crippen molar-refractivity contribution < 1.29 is 37.3 Å². The van der Waals surface area contributed by atoms with Crippen molar-refractivity contribution in [3.63, 3.8) is 0 Å². The number of aliphatic hydroxyl groups is 1. The number of rotatable bonds is 3. The Bertz CT molecular complexity index is 906. The fourth-order valence-corrected chi connectivity index (χ4v) is 6.34. The lowest BCUT2D eigenvalue weighted by Crippen LogP contribution is -2.59. The van der Waals surface area contributed by atoms with Crippen molar-refractivity contribution in [1.29, 1.82) is 0 Å². The van der Waals surface area contributed by atoms with Gasteiger partial charge in [-0.15, -0.1) is 0 Å². The molecule has 6 atom stereocenters. The van der Waals surface area contributed by atoms with Crippen molar-refractivity contribution in [1.82, 2.24) is 0 Å². The standard InChI is InChI=1S/C23H28F3NO5/c1-21-9-8-18(32-20(30)27-14-5-3-4-13(10-14)23(24,25)26)22(2,12-28)17(21)7-6-16-15(21)11-19(29)31-16/h3-5,10,15-18,28H,6-9,11-12H2,1-2H3,(H,27,30)/t15-,16-,17-,18-,21+,22+/m1/s1. The number of alkyl halides is 3. The van der Waals surface area contributed by atoms with Gasteiger partial charge in [0.1, 0.15) is 12.2 Å². The first-order valence-corrected chi connectivity index (χ1v) is 10.9.